The van der Waals surface area contributed by atoms with Gasteiger partial charge in [-0.3, -0.25) is 0 Å². The molecule has 2 heteroatoms. The highest BCUT2D eigenvalue weighted by Crippen LogP contribution is 2.32. The predicted octanol–water partition coefficient (Wildman–Crippen LogP) is 7.21. The van der Waals surface area contributed by atoms with E-state index in [-0.39, 0.29) is 6.71 Å². The van der Waals surface area contributed by atoms with Gasteiger partial charge in [0.15, 0.2) is 0 Å². The van der Waals surface area contributed by atoms with E-state index >= 15 is 0 Å². The van der Waals surface area contributed by atoms with Gasteiger partial charge in [0.1, 0.15) is 0 Å². The summed E-state index contributed by atoms with van der Waals surface area (Å²) in [6, 6.07) is 48.7. The normalized spacial score (nSPS) is 10.8. The summed E-state index contributed by atoms with van der Waals surface area (Å²) >= 11 is 0. The molecule has 0 spiro atoms. The molecule has 0 radical (unpaired) electrons. The number of benzene rings is 6. The maximum Gasteiger partial charge on any atom is 0.242 e. The molecule has 0 nitrogen and oxygen atoms in total. The van der Waals surface area contributed by atoms with E-state index < -0.39 is 7.92 Å². The molecule has 0 saturated carbocycles. The van der Waals surface area contributed by atoms with Crippen molar-refractivity contribution in [1.82, 2.24) is 0 Å². The van der Waals surface area contributed by atoms with Crippen LogP contribution in [0.5, 0.6) is 0 Å². The molecule has 0 aliphatic rings. The minimum absolute atomic E-state index is 0.167. The lowest BCUT2D eigenvalue weighted by Crippen LogP contribution is -2.55. The minimum Gasteiger partial charge on any atom is -0.0685 e. The Kier molecular flexibility index (Phi) is 9.40. The maximum absolute atomic E-state index is 3.43. The smallest absolute Gasteiger partial charge is 0.0685 e. The lowest BCUT2D eigenvalue weighted by molar-refractivity contribution is 1.34. The lowest BCUT2D eigenvalue weighted by Gasteiger charge is -2.24. The van der Waals surface area contributed by atoms with Crippen LogP contribution < -0.4 is 32.3 Å². The van der Waals surface area contributed by atoms with Crippen LogP contribution in [0.25, 0.3) is 0 Å². The maximum atomic E-state index is 3.43. The highest BCUT2D eigenvalue weighted by Gasteiger charge is 2.28. The van der Waals surface area contributed by atoms with Crippen LogP contribution in [-0.4, -0.2) is 6.71 Å². The molecule has 224 valence electrons. The van der Waals surface area contributed by atoms with Crippen molar-refractivity contribution < 1.29 is 0 Å². The van der Waals surface area contributed by atoms with Crippen molar-refractivity contribution in [2.24, 2.45) is 0 Å². The Hall–Kier alpha value is -4.63. The monoisotopic (exact) mass is 610 g/mol. The molecular formula is C44H40BP. The first-order valence-corrected chi connectivity index (χ1v) is 17.4. The van der Waals surface area contributed by atoms with Gasteiger partial charge >= 0.3 is 0 Å². The van der Waals surface area contributed by atoms with E-state index in [4.69, 9.17) is 0 Å². The van der Waals surface area contributed by atoms with Crippen molar-refractivity contribution in [1.29, 1.82) is 0 Å². The molecule has 0 aliphatic carbocycles. The molecule has 6 aromatic carbocycles. The molecule has 0 amide bonds. The van der Waals surface area contributed by atoms with Crippen LogP contribution in [0.4, 0.5) is 0 Å². The van der Waals surface area contributed by atoms with Crippen LogP contribution >= 0.6 is 7.92 Å². The fourth-order valence-corrected chi connectivity index (χ4v) is 9.25. The Morgan fingerprint density at radius 1 is 0.413 bits per heavy atom. The third kappa shape index (κ3) is 6.80. The molecule has 0 unspecified atom stereocenters. The molecule has 6 rings (SSSR count). The molecule has 0 saturated heterocycles. The number of aryl methyl sites for hydroxylation is 6. The third-order valence-electron chi connectivity index (χ3n) is 8.80. The molecule has 0 N–H and O–H groups in total. The van der Waals surface area contributed by atoms with Gasteiger partial charge in [0, 0.05) is 11.1 Å². The summed E-state index contributed by atoms with van der Waals surface area (Å²) in [5.41, 5.74) is 14.2. The fourth-order valence-electron chi connectivity index (χ4n) is 6.97. The van der Waals surface area contributed by atoms with E-state index in [0.29, 0.717) is 0 Å². The first kappa shape index (κ1) is 31.4. The van der Waals surface area contributed by atoms with E-state index in [1.54, 1.807) is 0 Å². The Labute approximate surface area is 277 Å². The zero-order chi connectivity index (χ0) is 32.2. The fraction of sp³-hybridized carbons (Fsp3) is 0.136. The number of hydrogen-bond donors (Lipinski definition) is 0. The van der Waals surface area contributed by atoms with Gasteiger partial charge in [-0.05, 0) is 89.6 Å². The molecular weight excluding hydrogens is 570 g/mol. The third-order valence-corrected chi connectivity index (χ3v) is 11.2. The Morgan fingerprint density at radius 2 is 0.761 bits per heavy atom. The van der Waals surface area contributed by atoms with Gasteiger partial charge in [-0.1, -0.05) is 171 Å². The van der Waals surface area contributed by atoms with Crippen molar-refractivity contribution in [3.63, 3.8) is 0 Å². The summed E-state index contributed by atoms with van der Waals surface area (Å²) in [5, 5.41) is 4.04. The zero-order valence-corrected chi connectivity index (χ0v) is 28.6. The first-order valence-electron chi connectivity index (χ1n) is 16.1. The SMILES string of the molecule is Cc1cc(C)c(B(c2ccc(C#Cc3ccc(P(c4ccccc4)c4ccccc4)cc3)cc2)c2c(C)cc(C)cc2C)c(C)c1. The summed E-state index contributed by atoms with van der Waals surface area (Å²) < 4.78 is 0. The van der Waals surface area contributed by atoms with E-state index in [0.717, 1.165) is 11.1 Å². The van der Waals surface area contributed by atoms with Crippen LogP contribution in [0.2, 0.25) is 0 Å². The van der Waals surface area contributed by atoms with Crippen LogP contribution in [-0.2, 0) is 0 Å². The topological polar surface area (TPSA) is 0 Å². The van der Waals surface area contributed by atoms with E-state index in [9.17, 15) is 0 Å². The summed E-state index contributed by atoms with van der Waals surface area (Å²) in [7, 11) is -0.622. The second-order valence-electron chi connectivity index (χ2n) is 12.5. The molecule has 0 fully saturated rings. The average molecular weight is 611 g/mol. The van der Waals surface area contributed by atoms with Crippen LogP contribution in [0.3, 0.4) is 0 Å². The average Bonchev–Trinajstić information content (AvgIpc) is 3.04. The standard InChI is InChI=1S/C44H40BP/c1-31-27-33(3)43(34(4)28-31)45(44-35(5)29-32(2)30-36(44)6)39-23-19-37(20-24-39)17-18-38-21-25-42(26-22-38)46(40-13-9-7-10-14-40)41-15-11-8-12-16-41/h7-16,19-30H,1-6H3. The Bertz CT molecular complexity index is 1890. The van der Waals surface area contributed by atoms with Crippen LogP contribution in [0, 0.1) is 53.4 Å². The Balaban J connectivity index is 1.31. The molecule has 0 bridgehead atoms. The van der Waals surface area contributed by atoms with Crippen molar-refractivity contribution in [2.45, 2.75) is 41.5 Å². The van der Waals surface area contributed by atoms with Crippen molar-refractivity contribution >= 4 is 46.9 Å². The van der Waals surface area contributed by atoms with Crippen molar-refractivity contribution in [3.05, 3.63) is 178 Å². The molecule has 0 heterocycles. The molecule has 6 aromatic rings. The minimum atomic E-state index is -0.622. The quantitative estimate of drug-likeness (QED) is 0.106. The lowest BCUT2D eigenvalue weighted by atomic mass is 9.34. The van der Waals surface area contributed by atoms with E-state index in [1.807, 2.05) is 0 Å². The van der Waals surface area contributed by atoms with Gasteiger partial charge in [0.2, 0.25) is 6.71 Å². The molecule has 0 aromatic heterocycles. The number of hydrogen-bond acceptors (Lipinski definition) is 0. The van der Waals surface area contributed by atoms with Gasteiger partial charge in [0.25, 0.3) is 0 Å². The van der Waals surface area contributed by atoms with Gasteiger partial charge in [-0.25, -0.2) is 0 Å². The van der Waals surface area contributed by atoms with Gasteiger partial charge in [0.05, 0.1) is 0 Å². The van der Waals surface area contributed by atoms with Gasteiger partial charge in [-0.15, -0.1) is 0 Å². The van der Waals surface area contributed by atoms with Gasteiger partial charge < -0.3 is 0 Å². The van der Waals surface area contributed by atoms with Crippen molar-refractivity contribution in [3.8, 4) is 11.8 Å². The highest BCUT2D eigenvalue weighted by molar-refractivity contribution is 7.79. The summed E-state index contributed by atoms with van der Waals surface area (Å²) in [5.74, 6) is 6.86. The second kappa shape index (κ2) is 13.8. The largest absolute Gasteiger partial charge is 0.242 e. The van der Waals surface area contributed by atoms with Crippen LogP contribution in [0.15, 0.2) is 133 Å². The predicted molar refractivity (Wildman–Crippen MR) is 204 cm³/mol. The molecule has 0 atom stereocenters. The summed E-state index contributed by atoms with van der Waals surface area (Å²) in [6.45, 7) is 13.6. The molecule has 46 heavy (non-hydrogen) atoms. The summed E-state index contributed by atoms with van der Waals surface area (Å²) in [6.07, 6.45) is 0. The van der Waals surface area contributed by atoms with Gasteiger partial charge in [-0.2, -0.15) is 0 Å². The second-order valence-corrected chi connectivity index (χ2v) is 14.7. The zero-order valence-electron chi connectivity index (χ0n) is 27.7. The first-order chi connectivity index (χ1) is 22.3. The molecule has 0 aliphatic heterocycles. The summed E-state index contributed by atoms with van der Waals surface area (Å²) in [4.78, 5) is 0. The van der Waals surface area contributed by atoms with E-state index in [1.165, 1.54) is 65.7 Å². The Morgan fingerprint density at radius 3 is 1.15 bits per heavy atom. The van der Waals surface area contributed by atoms with E-state index in [2.05, 4.69) is 187 Å². The van der Waals surface area contributed by atoms with Crippen molar-refractivity contribution in [2.75, 3.05) is 0 Å². The number of rotatable bonds is 6. The highest BCUT2D eigenvalue weighted by atomic mass is 31.1. The van der Waals surface area contributed by atoms with Crippen LogP contribution in [0.1, 0.15) is 44.5 Å².